The molecule has 4 N–H and O–H groups in total. The van der Waals surface area contributed by atoms with Crippen LogP contribution in [0.5, 0.6) is 0 Å². The van der Waals surface area contributed by atoms with Gasteiger partial charge in [-0.2, -0.15) is 0 Å². The van der Waals surface area contributed by atoms with E-state index in [9.17, 15) is 0 Å². The number of nitrogens with zero attached hydrogens (tertiary/aromatic N) is 3. The summed E-state index contributed by atoms with van der Waals surface area (Å²) in [7, 11) is 0. The highest BCUT2D eigenvalue weighted by Crippen LogP contribution is 1.90. The second kappa shape index (κ2) is 3.28. The van der Waals surface area contributed by atoms with Gasteiger partial charge in [0.1, 0.15) is 0 Å². The van der Waals surface area contributed by atoms with Crippen molar-refractivity contribution in [3.05, 3.63) is 11.9 Å². The van der Waals surface area contributed by atoms with Gasteiger partial charge in [-0.05, 0) is 6.54 Å². The van der Waals surface area contributed by atoms with Crippen molar-refractivity contribution in [1.29, 1.82) is 0 Å². The van der Waals surface area contributed by atoms with Crippen LogP contribution in [0.25, 0.3) is 0 Å². The molecule has 1 rings (SSSR count). The maximum Gasteiger partial charge on any atom is 0.0896 e. The summed E-state index contributed by atoms with van der Waals surface area (Å²) in [4.78, 5) is 0. The van der Waals surface area contributed by atoms with E-state index < -0.39 is 0 Å². The van der Waals surface area contributed by atoms with E-state index in [4.69, 9.17) is 11.5 Å². The first-order chi connectivity index (χ1) is 4.86. The minimum absolute atomic E-state index is 0.373. The van der Waals surface area contributed by atoms with Crippen molar-refractivity contribution in [3.63, 3.8) is 0 Å². The molecule has 0 unspecified atom stereocenters. The molecule has 1 aromatic rings. The van der Waals surface area contributed by atoms with Gasteiger partial charge in [0, 0.05) is 12.6 Å². The minimum Gasteiger partial charge on any atom is -0.330 e. The summed E-state index contributed by atoms with van der Waals surface area (Å²) in [6.07, 6.45) is 2.56. The Morgan fingerprint density at radius 3 is 2.80 bits per heavy atom. The van der Waals surface area contributed by atoms with Crippen LogP contribution in [0, 0.1) is 0 Å². The normalized spacial score (nSPS) is 10.2. The lowest BCUT2D eigenvalue weighted by molar-refractivity contribution is 0.608. The van der Waals surface area contributed by atoms with Crippen LogP contribution in [0.4, 0.5) is 0 Å². The van der Waals surface area contributed by atoms with Gasteiger partial charge in [0.05, 0.1) is 12.4 Å². The molecule has 0 bridgehead atoms. The fraction of sp³-hybridized carbons (Fsp3) is 0.600. The summed E-state index contributed by atoms with van der Waals surface area (Å²) in [5.74, 6) is 0. The number of hydrogen-bond acceptors (Lipinski definition) is 4. The number of hydrogen-bond donors (Lipinski definition) is 2. The van der Waals surface area contributed by atoms with Crippen LogP contribution in [0.1, 0.15) is 5.69 Å². The van der Waals surface area contributed by atoms with Gasteiger partial charge in [0.2, 0.25) is 0 Å². The molecule has 0 spiro atoms. The summed E-state index contributed by atoms with van der Waals surface area (Å²) >= 11 is 0. The Bertz CT molecular complexity index is 194. The van der Waals surface area contributed by atoms with Crippen LogP contribution >= 0.6 is 0 Å². The molecule has 5 nitrogen and oxygen atoms in total. The van der Waals surface area contributed by atoms with Crippen molar-refractivity contribution in [2.24, 2.45) is 11.5 Å². The molecule has 0 aliphatic heterocycles. The molecule has 5 heteroatoms. The first-order valence-corrected chi connectivity index (χ1v) is 3.16. The van der Waals surface area contributed by atoms with Crippen molar-refractivity contribution in [2.45, 2.75) is 13.1 Å². The van der Waals surface area contributed by atoms with E-state index in [1.54, 1.807) is 10.9 Å². The molecule has 1 heterocycles. The fourth-order valence-corrected chi connectivity index (χ4v) is 0.690. The van der Waals surface area contributed by atoms with Crippen molar-refractivity contribution >= 4 is 0 Å². The minimum atomic E-state index is 0.373. The summed E-state index contributed by atoms with van der Waals surface area (Å²) in [6, 6.07) is 0. The van der Waals surface area contributed by atoms with E-state index in [0.29, 0.717) is 13.2 Å². The van der Waals surface area contributed by atoms with Crippen LogP contribution in [-0.2, 0) is 13.1 Å². The maximum absolute atomic E-state index is 5.30. The van der Waals surface area contributed by atoms with E-state index in [1.807, 2.05) is 0 Å². The number of nitrogens with two attached hydrogens (primary N) is 2. The average Bonchev–Trinajstić information content (AvgIpc) is 2.37. The molecule has 0 aromatic carbocycles. The summed E-state index contributed by atoms with van der Waals surface area (Å²) in [5.41, 5.74) is 11.5. The highest BCUT2D eigenvalue weighted by molar-refractivity contribution is 4.92. The molecule has 1 aromatic heterocycles. The van der Waals surface area contributed by atoms with E-state index in [1.165, 1.54) is 0 Å². The Morgan fingerprint density at radius 2 is 2.30 bits per heavy atom. The van der Waals surface area contributed by atoms with Gasteiger partial charge in [0.25, 0.3) is 0 Å². The van der Waals surface area contributed by atoms with Crippen molar-refractivity contribution < 1.29 is 0 Å². The van der Waals surface area contributed by atoms with E-state index in [2.05, 4.69) is 10.3 Å². The fourth-order valence-electron chi connectivity index (χ4n) is 0.690. The monoisotopic (exact) mass is 141 g/mol. The standard InChI is InChI=1S/C5H11N5/c6-2-1-5-3-10(4-7)9-8-5/h3H,1-2,4,6-7H2. The predicted molar refractivity (Wildman–Crippen MR) is 37.0 cm³/mol. The van der Waals surface area contributed by atoms with Gasteiger partial charge < -0.3 is 11.5 Å². The molecule has 0 saturated heterocycles. The zero-order valence-electron chi connectivity index (χ0n) is 5.70. The van der Waals surface area contributed by atoms with E-state index in [-0.39, 0.29) is 0 Å². The Kier molecular flexibility index (Phi) is 2.35. The highest BCUT2D eigenvalue weighted by Gasteiger charge is 1.95. The van der Waals surface area contributed by atoms with Gasteiger partial charge in [0.15, 0.2) is 0 Å². The molecule has 0 saturated carbocycles. The zero-order chi connectivity index (χ0) is 7.40. The molecule has 10 heavy (non-hydrogen) atoms. The topological polar surface area (TPSA) is 82.8 Å². The molecule has 0 aliphatic rings. The Morgan fingerprint density at radius 1 is 1.50 bits per heavy atom. The van der Waals surface area contributed by atoms with E-state index in [0.717, 1.165) is 12.1 Å². The smallest absolute Gasteiger partial charge is 0.0896 e. The SMILES string of the molecule is NCCc1cn(CN)nn1. The first-order valence-electron chi connectivity index (χ1n) is 3.16. The Balaban J connectivity index is 2.59. The summed E-state index contributed by atoms with van der Waals surface area (Å²) in [5, 5.41) is 7.57. The second-order valence-corrected chi connectivity index (χ2v) is 1.97. The van der Waals surface area contributed by atoms with Gasteiger partial charge in [-0.1, -0.05) is 5.21 Å². The maximum atomic E-state index is 5.30. The van der Waals surface area contributed by atoms with Crippen molar-refractivity contribution in [1.82, 2.24) is 15.0 Å². The van der Waals surface area contributed by atoms with Crippen molar-refractivity contribution in [3.8, 4) is 0 Å². The molecule has 0 radical (unpaired) electrons. The highest BCUT2D eigenvalue weighted by atomic mass is 15.4. The van der Waals surface area contributed by atoms with Crippen LogP contribution in [0.3, 0.4) is 0 Å². The third kappa shape index (κ3) is 1.52. The molecule has 0 amide bonds. The van der Waals surface area contributed by atoms with Gasteiger partial charge in [-0.3, -0.25) is 0 Å². The largest absolute Gasteiger partial charge is 0.330 e. The van der Waals surface area contributed by atoms with Gasteiger partial charge in [-0.15, -0.1) is 5.10 Å². The lowest BCUT2D eigenvalue weighted by Gasteiger charge is -1.88. The quantitative estimate of drug-likeness (QED) is 0.547. The zero-order valence-corrected chi connectivity index (χ0v) is 5.70. The Hall–Kier alpha value is -0.940. The van der Waals surface area contributed by atoms with Gasteiger partial charge >= 0.3 is 0 Å². The third-order valence-corrected chi connectivity index (χ3v) is 1.17. The third-order valence-electron chi connectivity index (χ3n) is 1.17. The molecule has 0 atom stereocenters. The lowest BCUT2D eigenvalue weighted by atomic mass is 10.3. The second-order valence-electron chi connectivity index (χ2n) is 1.97. The molecule has 0 aliphatic carbocycles. The predicted octanol–water partition coefficient (Wildman–Crippen LogP) is -1.30. The molecule has 56 valence electrons. The lowest BCUT2D eigenvalue weighted by Crippen LogP contribution is -2.07. The van der Waals surface area contributed by atoms with E-state index >= 15 is 0 Å². The number of rotatable bonds is 3. The van der Waals surface area contributed by atoms with Crippen molar-refractivity contribution in [2.75, 3.05) is 6.54 Å². The molecule has 0 fully saturated rings. The van der Waals surface area contributed by atoms with Crippen LogP contribution in [0.2, 0.25) is 0 Å². The summed E-state index contributed by atoms with van der Waals surface area (Å²) < 4.78 is 1.57. The summed E-state index contributed by atoms with van der Waals surface area (Å²) in [6.45, 7) is 0.973. The first kappa shape index (κ1) is 7.17. The Labute approximate surface area is 59.0 Å². The van der Waals surface area contributed by atoms with Crippen LogP contribution < -0.4 is 11.5 Å². The average molecular weight is 141 g/mol. The van der Waals surface area contributed by atoms with Crippen LogP contribution in [-0.4, -0.2) is 21.5 Å². The van der Waals surface area contributed by atoms with Crippen LogP contribution in [0.15, 0.2) is 6.20 Å². The number of aromatic nitrogens is 3. The molecular formula is C5H11N5. The molecular weight excluding hydrogens is 130 g/mol. The van der Waals surface area contributed by atoms with Gasteiger partial charge in [-0.25, -0.2) is 4.68 Å².